The zero-order chi connectivity index (χ0) is 14.2. The van der Waals surface area contributed by atoms with Crippen LogP contribution in [-0.4, -0.2) is 50.2 Å². The minimum Gasteiger partial charge on any atom is -0.381 e. The van der Waals surface area contributed by atoms with Gasteiger partial charge in [-0.2, -0.15) is 0 Å². The van der Waals surface area contributed by atoms with E-state index in [1.165, 1.54) is 45.3 Å². The fraction of sp³-hybridized carbons (Fsp3) is 0.941. The largest absolute Gasteiger partial charge is 0.381 e. The Bertz CT molecular complexity index is 392. The Labute approximate surface area is 127 Å². The molecule has 1 N–H and O–H groups in total. The molecule has 0 radical (unpaired) electrons. The molecule has 0 unspecified atom stereocenters. The predicted octanol–water partition coefficient (Wildman–Crippen LogP) is 1.51. The third-order valence-electron chi connectivity index (χ3n) is 5.78. The van der Waals surface area contributed by atoms with E-state index < -0.39 is 0 Å². The molecule has 3 atom stereocenters. The van der Waals surface area contributed by atoms with Crippen molar-refractivity contribution in [2.24, 2.45) is 29.6 Å². The zero-order valence-corrected chi connectivity index (χ0v) is 12.9. The average molecular weight is 292 g/mol. The van der Waals surface area contributed by atoms with Crippen LogP contribution in [0.1, 0.15) is 32.1 Å². The number of hydrogen-bond donors (Lipinski definition) is 1. The molecule has 4 fully saturated rings. The first-order chi connectivity index (χ1) is 10.3. The molecule has 21 heavy (non-hydrogen) atoms. The topological polar surface area (TPSA) is 41.6 Å². The summed E-state index contributed by atoms with van der Waals surface area (Å²) in [6.07, 6.45) is 6.12. The number of nitrogens with zero attached hydrogens (tertiary/aromatic N) is 1. The first kappa shape index (κ1) is 14.0. The number of ether oxygens (including phenoxy) is 1. The number of amides is 1. The van der Waals surface area contributed by atoms with E-state index in [1.54, 1.807) is 0 Å². The summed E-state index contributed by atoms with van der Waals surface area (Å²) in [5, 5.41) is 3.12. The summed E-state index contributed by atoms with van der Waals surface area (Å²) >= 11 is 0. The Morgan fingerprint density at radius 3 is 2.67 bits per heavy atom. The standard InChI is InChI=1S/C17H28N2O2/c20-17(18-6-12-1-2-12)5-14-10-21-11-15-8-19(9-16(14)15)7-13-3-4-13/h12-16H,1-11H2,(H,18,20)/t14-,15-,16+/m1/s1. The summed E-state index contributed by atoms with van der Waals surface area (Å²) in [5.74, 6) is 3.77. The molecule has 4 aliphatic rings. The SMILES string of the molecule is O=C(C[C@@H]1COC[C@H]2CN(CC3CC3)C[C@@H]12)NCC1CC1. The van der Waals surface area contributed by atoms with Crippen molar-refractivity contribution < 1.29 is 9.53 Å². The van der Waals surface area contributed by atoms with Gasteiger partial charge in [-0.05, 0) is 55.3 Å². The van der Waals surface area contributed by atoms with Gasteiger partial charge in [0, 0.05) is 32.6 Å². The molecule has 0 aromatic heterocycles. The van der Waals surface area contributed by atoms with Crippen LogP contribution in [0.2, 0.25) is 0 Å². The Morgan fingerprint density at radius 2 is 1.90 bits per heavy atom. The summed E-state index contributed by atoms with van der Waals surface area (Å²) in [4.78, 5) is 14.8. The van der Waals surface area contributed by atoms with E-state index in [2.05, 4.69) is 10.2 Å². The monoisotopic (exact) mass is 292 g/mol. The van der Waals surface area contributed by atoms with Crippen molar-refractivity contribution >= 4 is 5.91 Å². The van der Waals surface area contributed by atoms with Crippen LogP contribution in [0, 0.1) is 29.6 Å². The maximum atomic E-state index is 12.1. The second-order valence-corrected chi connectivity index (χ2v) is 7.83. The van der Waals surface area contributed by atoms with Crippen molar-refractivity contribution in [3.05, 3.63) is 0 Å². The number of carbonyl (C=O) groups is 1. The lowest BCUT2D eigenvalue weighted by Gasteiger charge is -2.32. The second-order valence-electron chi connectivity index (χ2n) is 7.83. The van der Waals surface area contributed by atoms with Gasteiger partial charge < -0.3 is 15.0 Å². The van der Waals surface area contributed by atoms with Crippen LogP contribution in [-0.2, 0) is 9.53 Å². The molecule has 4 rings (SSSR count). The van der Waals surface area contributed by atoms with Crippen molar-refractivity contribution in [3.8, 4) is 0 Å². The Hall–Kier alpha value is -0.610. The van der Waals surface area contributed by atoms with Crippen molar-refractivity contribution in [1.82, 2.24) is 10.2 Å². The highest BCUT2D eigenvalue weighted by Crippen LogP contribution is 2.38. The summed E-state index contributed by atoms with van der Waals surface area (Å²) in [7, 11) is 0. The lowest BCUT2D eigenvalue weighted by molar-refractivity contribution is -0.124. The quantitative estimate of drug-likeness (QED) is 0.807. The van der Waals surface area contributed by atoms with E-state index in [4.69, 9.17) is 4.74 Å². The Balaban J connectivity index is 1.28. The second kappa shape index (κ2) is 5.88. The van der Waals surface area contributed by atoms with Gasteiger partial charge in [0.1, 0.15) is 0 Å². The van der Waals surface area contributed by atoms with Gasteiger partial charge in [0.25, 0.3) is 0 Å². The molecule has 118 valence electrons. The third-order valence-corrected chi connectivity index (χ3v) is 5.78. The van der Waals surface area contributed by atoms with Gasteiger partial charge in [-0.15, -0.1) is 0 Å². The fourth-order valence-electron chi connectivity index (χ4n) is 4.11. The van der Waals surface area contributed by atoms with E-state index in [0.717, 1.165) is 31.6 Å². The zero-order valence-electron chi connectivity index (χ0n) is 12.9. The van der Waals surface area contributed by atoms with Crippen LogP contribution in [0.3, 0.4) is 0 Å². The number of fused-ring (bicyclic) bond motifs is 1. The molecular formula is C17H28N2O2. The number of carbonyl (C=O) groups excluding carboxylic acids is 1. The van der Waals surface area contributed by atoms with Crippen LogP contribution < -0.4 is 5.32 Å². The smallest absolute Gasteiger partial charge is 0.220 e. The normalized spacial score (nSPS) is 36.5. The molecule has 2 aliphatic carbocycles. The minimum absolute atomic E-state index is 0.247. The molecule has 2 aliphatic heterocycles. The van der Waals surface area contributed by atoms with Crippen LogP contribution in [0.4, 0.5) is 0 Å². The van der Waals surface area contributed by atoms with E-state index in [-0.39, 0.29) is 5.91 Å². The minimum atomic E-state index is 0.247. The van der Waals surface area contributed by atoms with Gasteiger partial charge >= 0.3 is 0 Å². The first-order valence-electron chi connectivity index (χ1n) is 8.84. The number of rotatable bonds is 6. The van der Waals surface area contributed by atoms with E-state index in [9.17, 15) is 4.79 Å². The summed E-state index contributed by atoms with van der Waals surface area (Å²) in [6, 6.07) is 0. The van der Waals surface area contributed by atoms with Crippen LogP contribution in [0.15, 0.2) is 0 Å². The van der Waals surface area contributed by atoms with Crippen molar-refractivity contribution in [3.63, 3.8) is 0 Å². The van der Waals surface area contributed by atoms with E-state index in [0.29, 0.717) is 24.2 Å². The van der Waals surface area contributed by atoms with Gasteiger partial charge in [-0.25, -0.2) is 0 Å². The highest BCUT2D eigenvalue weighted by Gasteiger charge is 2.42. The van der Waals surface area contributed by atoms with Crippen LogP contribution in [0.5, 0.6) is 0 Å². The van der Waals surface area contributed by atoms with E-state index >= 15 is 0 Å². The summed E-state index contributed by atoms with van der Waals surface area (Å²) in [5.41, 5.74) is 0. The van der Waals surface area contributed by atoms with Gasteiger partial charge in [0.05, 0.1) is 13.2 Å². The molecule has 2 heterocycles. The molecule has 0 spiro atoms. The lowest BCUT2D eigenvalue weighted by atomic mass is 9.81. The highest BCUT2D eigenvalue weighted by molar-refractivity contribution is 5.76. The van der Waals surface area contributed by atoms with Crippen LogP contribution in [0.25, 0.3) is 0 Å². The van der Waals surface area contributed by atoms with Crippen molar-refractivity contribution in [2.45, 2.75) is 32.1 Å². The molecule has 0 aromatic rings. The third kappa shape index (κ3) is 3.59. The molecule has 1 amide bonds. The summed E-state index contributed by atoms with van der Waals surface area (Å²) in [6.45, 7) is 6.27. The van der Waals surface area contributed by atoms with Gasteiger partial charge in [0.15, 0.2) is 0 Å². The Kier molecular flexibility index (Phi) is 3.92. The fourth-order valence-corrected chi connectivity index (χ4v) is 4.11. The molecule has 4 heteroatoms. The van der Waals surface area contributed by atoms with E-state index in [1.807, 2.05) is 0 Å². The maximum absolute atomic E-state index is 12.1. The van der Waals surface area contributed by atoms with Crippen molar-refractivity contribution in [2.75, 3.05) is 39.4 Å². The van der Waals surface area contributed by atoms with Gasteiger partial charge in [0.2, 0.25) is 5.91 Å². The lowest BCUT2D eigenvalue weighted by Crippen LogP contribution is -2.38. The van der Waals surface area contributed by atoms with Crippen LogP contribution >= 0.6 is 0 Å². The highest BCUT2D eigenvalue weighted by atomic mass is 16.5. The van der Waals surface area contributed by atoms with Gasteiger partial charge in [-0.3, -0.25) is 4.79 Å². The Morgan fingerprint density at radius 1 is 1.10 bits per heavy atom. The first-order valence-corrected chi connectivity index (χ1v) is 8.84. The van der Waals surface area contributed by atoms with Crippen molar-refractivity contribution in [1.29, 1.82) is 0 Å². The average Bonchev–Trinajstić information content (AvgIpc) is 3.36. The number of likely N-dealkylation sites (tertiary alicyclic amines) is 1. The molecule has 2 saturated heterocycles. The molecular weight excluding hydrogens is 264 g/mol. The molecule has 0 aromatic carbocycles. The number of nitrogens with one attached hydrogen (secondary N) is 1. The molecule has 0 bridgehead atoms. The molecule has 4 nitrogen and oxygen atoms in total. The molecule has 2 saturated carbocycles. The number of hydrogen-bond acceptors (Lipinski definition) is 3. The van der Waals surface area contributed by atoms with Gasteiger partial charge in [-0.1, -0.05) is 0 Å². The summed E-state index contributed by atoms with van der Waals surface area (Å²) < 4.78 is 5.80. The maximum Gasteiger partial charge on any atom is 0.220 e. The predicted molar refractivity (Wildman–Crippen MR) is 80.8 cm³/mol.